The van der Waals surface area contributed by atoms with Crippen molar-refractivity contribution in [3.05, 3.63) is 153 Å². The predicted octanol–water partition coefficient (Wildman–Crippen LogP) is 1.05. The zero-order valence-electron chi connectivity index (χ0n) is 22.8. The zero-order valence-corrected chi connectivity index (χ0v) is 26.7. The van der Waals surface area contributed by atoms with Crippen LogP contribution in [0, 0.1) is 5.41 Å². The normalized spacial score (nSPS) is 18.1. The van der Waals surface area contributed by atoms with Crippen molar-refractivity contribution in [2.45, 2.75) is 40.0 Å². The SMILES string of the molecule is CCc1ccc2c(c1)=[C-]C1=C(C3=CC=CC3)C(C)(CC)C=CC=21.[Cl-].[Cl-].[Zr+2]=[C](c1ccccc1)c1ccccc1. The van der Waals surface area contributed by atoms with E-state index in [-0.39, 0.29) is 30.2 Å². The van der Waals surface area contributed by atoms with Crippen LogP contribution in [0.3, 0.4) is 0 Å². The van der Waals surface area contributed by atoms with E-state index in [2.05, 4.69) is 136 Å². The van der Waals surface area contributed by atoms with E-state index in [0.29, 0.717) is 0 Å². The Labute approximate surface area is 260 Å². The molecule has 3 aromatic carbocycles. The minimum atomic E-state index is 0. The zero-order chi connectivity index (χ0) is 25.8. The van der Waals surface area contributed by atoms with E-state index in [4.69, 9.17) is 0 Å². The second kappa shape index (κ2) is 13.9. The first kappa shape index (κ1) is 31.2. The van der Waals surface area contributed by atoms with Crippen LogP contribution in [0.1, 0.15) is 50.3 Å². The van der Waals surface area contributed by atoms with E-state index < -0.39 is 0 Å². The fourth-order valence-electron chi connectivity index (χ4n) is 5.32. The van der Waals surface area contributed by atoms with Crippen molar-refractivity contribution in [1.29, 1.82) is 0 Å². The summed E-state index contributed by atoms with van der Waals surface area (Å²) >= 11 is 1.46. The molecule has 0 heterocycles. The third-order valence-electron chi connectivity index (χ3n) is 7.70. The third-order valence-corrected chi connectivity index (χ3v) is 9.12. The van der Waals surface area contributed by atoms with Crippen LogP contribution < -0.4 is 35.3 Å². The molecular weight excluding hydrogens is 595 g/mol. The number of aryl methyl sites for hydroxylation is 1. The van der Waals surface area contributed by atoms with Gasteiger partial charge in [-0.25, -0.2) is 0 Å². The monoisotopic (exact) mass is 625 g/mol. The molecule has 3 heteroatoms. The second-order valence-corrected chi connectivity index (χ2v) is 11.3. The fourth-order valence-corrected chi connectivity index (χ4v) is 6.14. The summed E-state index contributed by atoms with van der Waals surface area (Å²) in [5, 5.41) is 2.61. The van der Waals surface area contributed by atoms with Gasteiger partial charge >= 0.3 is 99.2 Å². The van der Waals surface area contributed by atoms with Gasteiger partial charge in [0, 0.05) is 0 Å². The van der Waals surface area contributed by atoms with Crippen molar-refractivity contribution in [2.24, 2.45) is 5.41 Å². The van der Waals surface area contributed by atoms with Crippen LogP contribution in [-0.2, 0) is 30.7 Å². The van der Waals surface area contributed by atoms with Gasteiger partial charge in [0.1, 0.15) is 0 Å². The summed E-state index contributed by atoms with van der Waals surface area (Å²) in [6, 6.07) is 28.0. The fraction of sp³-hybridized carbons (Fsp3) is 0.194. The quantitative estimate of drug-likeness (QED) is 0.372. The Morgan fingerprint density at radius 2 is 1.54 bits per heavy atom. The maximum absolute atomic E-state index is 3.75. The van der Waals surface area contributed by atoms with Crippen LogP contribution >= 0.6 is 0 Å². The van der Waals surface area contributed by atoms with Crippen LogP contribution in [0.25, 0.3) is 11.6 Å². The summed E-state index contributed by atoms with van der Waals surface area (Å²) in [6.45, 7) is 6.87. The molecule has 6 rings (SSSR count). The van der Waals surface area contributed by atoms with Gasteiger partial charge in [0.05, 0.1) is 0 Å². The van der Waals surface area contributed by atoms with Crippen molar-refractivity contribution in [3.63, 3.8) is 0 Å². The molecule has 1 atom stereocenters. The second-order valence-electron chi connectivity index (χ2n) is 10.1. The Hall–Kier alpha value is -2.31. The van der Waals surface area contributed by atoms with Crippen molar-refractivity contribution in [1.82, 2.24) is 0 Å². The van der Waals surface area contributed by atoms with Gasteiger partial charge in [-0.3, -0.25) is 0 Å². The number of hydrogen-bond donors (Lipinski definition) is 0. The van der Waals surface area contributed by atoms with Gasteiger partial charge in [0.2, 0.25) is 0 Å². The molecule has 3 aliphatic carbocycles. The molecule has 0 saturated heterocycles. The summed E-state index contributed by atoms with van der Waals surface area (Å²) in [5.41, 5.74) is 9.79. The number of halogens is 2. The molecule has 0 nitrogen and oxygen atoms in total. The van der Waals surface area contributed by atoms with Crippen molar-refractivity contribution in [2.75, 3.05) is 0 Å². The summed E-state index contributed by atoms with van der Waals surface area (Å²) in [7, 11) is 0. The Bertz CT molecular complexity index is 1530. The van der Waals surface area contributed by atoms with E-state index in [9.17, 15) is 0 Å². The number of allylic oxidation sites excluding steroid dienone is 8. The van der Waals surface area contributed by atoms with Gasteiger partial charge < -0.3 is 24.8 Å². The molecule has 1 unspecified atom stereocenters. The molecule has 0 bridgehead atoms. The Balaban J connectivity index is 0.000000228. The number of rotatable bonds is 5. The molecule has 39 heavy (non-hydrogen) atoms. The molecule has 3 aliphatic rings. The van der Waals surface area contributed by atoms with Gasteiger partial charge in [-0.05, 0) is 24.7 Å². The molecule has 0 saturated carbocycles. The minimum absolute atomic E-state index is 0. The standard InChI is InChI=1S/C23H23.C13H10.2ClH.Zr/c1-4-16-10-11-19-18(14-16)15-21-20(19)12-13-23(3,5-2)22(21)17-8-6-7-9-17;1-3-7-12(8-4-1)11-13-9-5-2-6-10-13;;;/h6-8,10-14H,4-5,9H2,1-3H3;1-10H;2*1H;/q-1;;;;+2/p-2. The van der Waals surface area contributed by atoms with Crippen LogP contribution in [-0.4, -0.2) is 3.21 Å². The first-order valence-corrected chi connectivity index (χ1v) is 14.5. The average Bonchev–Trinajstić information content (AvgIpc) is 3.61. The first-order valence-electron chi connectivity index (χ1n) is 13.3. The molecule has 0 radical (unpaired) electrons. The van der Waals surface area contributed by atoms with Gasteiger partial charge in [-0.15, -0.1) is 33.7 Å². The molecule has 3 aromatic rings. The van der Waals surface area contributed by atoms with Crippen LogP contribution in [0.15, 0.2) is 126 Å². The van der Waals surface area contributed by atoms with Gasteiger partial charge in [-0.2, -0.15) is 0 Å². The number of benzene rings is 3. The maximum atomic E-state index is 3.75. The topological polar surface area (TPSA) is 0 Å². The Morgan fingerprint density at radius 3 is 2.08 bits per heavy atom. The molecular formula is C36H33Cl2Zr-. The van der Waals surface area contributed by atoms with Crippen molar-refractivity contribution >= 4 is 14.9 Å². The van der Waals surface area contributed by atoms with Crippen LogP contribution in [0.5, 0.6) is 0 Å². The molecule has 0 aromatic heterocycles. The molecule has 196 valence electrons. The Kier molecular flexibility index (Phi) is 11.1. The average molecular weight is 628 g/mol. The van der Waals surface area contributed by atoms with E-state index in [1.807, 2.05) is 0 Å². The first-order chi connectivity index (χ1) is 18.0. The number of fused-ring (bicyclic) bond motifs is 2. The molecule has 0 fully saturated rings. The van der Waals surface area contributed by atoms with Crippen LogP contribution in [0.4, 0.5) is 0 Å². The summed E-state index contributed by atoms with van der Waals surface area (Å²) < 4.78 is 1.42. The predicted molar refractivity (Wildman–Crippen MR) is 154 cm³/mol. The van der Waals surface area contributed by atoms with E-state index in [0.717, 1.165) is 19.3 Å². The van der Waals surface area contributed by atoms with Crippen molar-refractivity contribution < 1.29 is 49.0 Å². The van der Waals surface area contributed by atoms with E-state index >= 15 is 0 Å². The molecule has 0 aliphatic heterocycles. The summed E-state index contributed by atoms with van der Waals surface area (Å²) in [6.07, 6.45) is 18.5. The summed E-state index contributed by atoms with van der Waals surface area (Å²) in [4.78, 5) is 0. The van der Waals surface area contributed by atoms with Gasteiger partial charge in [-0.1, -0.05) is 80.0 Å². The summed E-state index contributed by atoms with van der Waals surface area (Å²) in [5.74, 6) is 0. The molecule has 0 amide bonds. The molecule has 0 N–H and O–H groups in total. The van der Waals surface area contributed by atoms with Gasteiger partial charge in [0.15, 0.2) is 0 Å². The Morgan fingerprint density at radius 1 is 0.897 bits per heavy atom. The molecule has 0 spiro atoms. The van der Waals surface area contributed by atoms with Crippen LogP contribution in [0.2, 0.25) is 0 Å². The van der Waals surface area contributed by atoms with Gasteiger partial charge in [0.25, 0.3) is 0 Å². The van der Waals surface area contributed by atoms with E-state index in [1.54, 1.807) is 0 Å². The van der Waals surface area contributed by atoms with E-state index in [1.165, 1.54) is 76.9 Å². The number of hydrogen-bond acceptors (Lipinski definition) is 0. The van der Waals surface area contributed by atoms with Crippen molar-refractivity contribution in [3.8, 4) is 0 Å². The third kappa shape index (κ3) is 6.54.